The smallest absolute Gasteiger partial charge is 0.462 e. The quantitative estimate of drug-likeness (QED) is 0.0169. The highest BCUT2D eigenvalue weighted by molar-refractivity contribution is 7.47. The van der Waals surface area contributed by atoms with Crippen molar-refractivity contribution < 1.29 is 80.2 Å². The molecule has 5 unspecified atom stereocenters. The van der Waals surface area contributed by atoms with Crippen LogP contribution in [0.1, 0.15) is 362 Å². The van der Waals surface area contributed by atoms with E-state index in [-0.39, 0.29) is 25.7 Å². The molecule has 5 atom stereocenters. The largest absolute Gasteiger partial charge is 0.472 e. The van der Waals surface area contributed by atoms with Gasteiger partial charge in [-0.2, -0.15) is 0 Å². The van der Waals surface area contributed by atoms with Crippen LogP contribution >= 0.6 is 15.6 Å². The van der Waals surface area contributed by atoms with Crippen LogP contribution in [0.4, 0.5) is 0 Å². The van der Waals surface area contributed by atoms with Crippen LogP contribution in [0.15, 0.2) is 85.1 Å². The number of ether oxygens (including phenoxy) is 4. The maximum atomic E-state index is 13.1. The summed E-state index contributed by atoms with van der Waals surface area (Å²) in [5, 5.41) is 10.6. The number of aliphatic hydroxyl groups excluding tert-OH is 1. The summed E-state index contributed by atoms with van der Waals surface area (Å²) in [4.78, 5) is 73.0. The van der Waals surface area contributed by atoms with Crippen LogP contribution in [0.3, 0.4) is 0 Å². The molecule has 0 heterocycles. The van der Waals surface area contributed by atoms with Crippen molar-refractivity contribution in [2.24, 2.45) is 0 Å². The average molecular weight is 1480 g/mol. The van der Waals surface area contributed by atoms with Gasteiger partial charge in [-0.05, 0) is 122 Å². The van der Waals surface area contributed by atoms with E-state index in [0.717, 1.165) is 180 Å². The van der Waals surface area contributed by atoms with Gasteiger partial charge in [0.05, 0.1) is 26.4 Å². The number of phosphoric ester groups is 2. The summed E-state index contributed by atoms with van der Waals surface area (Å²) in [6.07, 6.45) is 78.3. The van der Waals surface area contributed by atoms with Crippen LogP contribution in [0.5, 0.6) is 0 Å². The van der Waals surface area contributed by atoms with Crippen molar-refractivity contribution in [3.63, 3.8) is 0 Å². The second-order valence-corrected chi connectivity index (χ2v) is 30.3. The monoisotopic (exact) mass is 1480 g/mol. The zero-order valence-electron chi connectivity index (χ0n) is 64.8. The number of carbonyl (C=O) groups is 4. The van der Waals surface area contributed by atoms with Gasteiger partial charge in [0.25, 0.3) is 0 Å². The average Bonchev–Trinajstić information content (AvgIpc) is 0.944. The van der Waals surface area contributed by atoms with Crippen molar-refractivity contribution in [2.75, 3.05) is 39.6 Å². The van der Waals surface area contributed by atoms with E-state index < -0.39 is 97.5 Å². The van der Waals surface area contributed by atoms with Gasteiger partial charge >= 0.3 is 39.5 Å². The Labute approximate surface area is 621 Å². The van der Waals surface area contributed by atoms with Crippen LogP contribution in [-0.4, -0.2) is 96.7 Å². The summed E-state index contributed by atoms with van der Waals surface area (Å²) in [6, 6.07) is 0. The van der Waals surface area contributed by atoms with Gasteiger partial charge in [-0.1, -0.05) is 299 Å². The number of rotatable bonds is 77. The van der Waals surface area contributed by atoms with Gasteiger partial charge in [0.2, 0.25) is 0 Å². The zero-order chi connectivity index (χ0) is 74.6. The van der Waals surface area contributed by atoms with E-state index in [2.05, 4.69) is 113 Å². The first-order valence-corrected chi connectivity index (χ1v) is 43.8. The van der Waals surface area contributed by atoms with Crippen LogP contribution in [0.25, 0.3) is 0 Å². The van der Waals surface area contributed by atoms with E-state index in [1.807, 2.05) is 0 Å². The van der Waals surface area contributed by atoms with Gasteiger partial charge in [-0.3, -0.25) is 37.3 Å². The van der Waals surface area contributed by atoms with Crippen molar-refractivity contribution in [1.29, 1.82) is 0 Å². The summed E-state index contributed by atoms with van der Waals surface area (Å²) in [7, 11) is -9.96. The summed E-state index contributed by atoms with van der Waals surface area (Å²) >= 11 is 0. The molecule has 0 aromatic carbocycles. The van der Waals surface area contributed by atoms with Crippen LogP contribution in [-0.2, 0) is 65.4 Å². The highest BCUT2D eigenvalue weighted by Crippen LogP contribution is 2.45. The molecule has 592 valence electrons. The zero-order valence-corrected chi connectivity index (χ0v) is 66.6. The van der Waals surface area contributed by atoms with Crippen molar-refractivity contribution in [2.45, 2.75) is 380 Å². The second-order valence-electron chi connectivity index (χ2n) is 27.4. The first-order valence-electron chi connectivity index (χ1n) is 40.8. The normalized spacial score (nSPS) is 14.3. The van der Waals surface area contributed by atoms with Gasteiger partial charge in [0.1, 0.15) is 19.3 Å². The number of aliphatic hydroxyl groups is 1. The Balaban J connectivity index is 5.34. The van der Waals surface area contributed by atoms with Crippen LogP contribution in [0, 0.1) is 0 Å². The molecule has 3 N–H and O–H groups in total. The van der Waals surface area contributed by atoms with E-state index in [1.165, 1.54) is 103 Å². The molecule has 0 rings (SSSR count). The third kappa shape index (κ3) is 74.5. The lowest BCUT2D eigenvalue weighted by molar-refractivity contribution is -0.161. The van der Waals surface area contributed by atoms with E-state index in [0.29, 0.717) is 25.7 Å². The summed E-state index contributed by atoms with van der Waals surface area (Å²) in [5.41, 5.74) is 0. The minimum absolute atomic E-state index is 0.0771. The van der Waals surface area contributed by atoms with E-state index >= 15 is 0 Å². The Bertz CT molecular complexity index is 2260. The summed E-state index contributed by atoms with van der Waals surface area (Å²) in [5.74, 6) is -2.19. The Morgan fingerprint density at radius 1 is 0.275 bits per heavy atom. The SMILES string of the molecule is CCC/C=C\C/C=C\CCCCCCCC(=O)OC(COC(=O)CCCCCCC/C=C\C/C=C\CCCCC)COP(=O)(O)OCC(O)COP(=O)(O)OCC(COC(=O)CCCCCCCC/C=C\C/C=C\C/C=C\CCCCC)OC(=O)CCCCCCCCCCCCCCCCC. The predicted molar refractivity (Wildman–Crippen MR) is 418 cm³/mol. The molecule has 0 aliphatic heterocycles. The first kappa shape index (κ1) is 98.2. The molecular weight excluding hydrogens is 1330 g/mol. The number of allylic oxidation sites excluding steroid dienone is 14. The Kier molecular flexibility index (Phi) is 72.7. The number of hydrogen-bond acceptors (Lipinski definition) is 15. The van der Waals surface area contributed by atoms with Crippen LogP contribution in [0.2, 0.25) is 0 Å². The van der Waals surface area contributed by atoms with Crippen molar-refractivity contribution in [3.8, 4) is 0 Å². The van der Waals surface area contributed by atoms with Crippen LogP contribution < -0.4 is 0 Å². The van der Waals surface area contributed by atoms with Crippen molar-refractivity contribution in [1.82, 2.24) is 0 Å². The number of hydrogen-bond donors (Lipinski definition) is 3. The van der Waals surface area contributed by atoms with Gasteiger partial charge < -0.3 is 33.8 Å². The number of esters is 4. The molecule has 0 amide bonds. The van der Waals surface area contributed by atoms with E-state index in [9.17, 15) is 43.2 Å². The molecule has 0 aliphatic carbocycles. The Morgan fingerprint density at radius 3 is 0.794 bits per heavy atom. The third-order valence-corrected chi connectivity index (χ3v) is 19.2. The molecule has 17 nitrogen and oxygen atoms in total. The summed E-state index contributed by atoms with van der Waals surface area (Å²) in [6.45, 7) is 4.77. The standard InChI is InChI=1S/C83H148O17P2/c1-5-9-13-17-21-25-29-33-36-37-38-39-42-45-48-52-56-60-64-68-81(86)94-74-79(100-83(88)70-66-62-58-54-50-46-41-35-31-27-23-19-15-11-7-3)76-98-102(91,92)96-72-77(84)71-95-101(89,90)97-75-78(99-82(87)69-65-61-57-53-49-43-32-28-24-20-16-12-8-4)73-93-80(85)67-63-59-55-51-47-44-40-34-30-26-22-18-14-10-6-2/h16,20-22,25-26,28,32-34,36,38-40,77-79,84H,5-15,17-19,23-24,27,29-31,35,37,41-76H2,1-4H3,(H,89,90)(H,91,92)/b20-16-,25-21-,26-22-,32-28-,36-33-,39-38-,40-34-. The molecule has 19 heteroatoms. The maximum absolute atomic E-state index is 13.1. The van der Waals surface area contributed by atoms with Gasteiger partial charge in [-0.25, -0.2) is 9.13 Å². The number of carbonyl (C=O) groups excluding carboxylic acids is 4. The molecule has 0 saturated carbocycles. The van der Waals surface area contributed by atoms with Crippen molar-refractivity contribution in [3.05, 3.63) is 85.1 Å². The predicted octanol–water partition coefficient (Wildman–Crippen LogP) is 23.8. The van der Waals surface area contributed by atoms with Gasteiger partial charge in [-0.15, -0.1) is 0 Å². The first-order chi connectivity index (χ1) is 49.7. The lowest BCUT2D eigenvalue weighted by Gasteiger charge is -2.21. The van der Waals surface area contributed by atoms with Crippen molar-refractivity contribution >= 4 is 39.5 Å². The van der Waals surface area contributed by atoms with Gasteiger partial charge in [0, 0.05) is 25.7 Å². The second kappa shape index (κ2) is 75.5. The molecule has 0 aromatic heterocycles. The molecule has 0 fully saturated rings. The molecule has 0 aromatic rings. The highest BCUT2D eigenvalue weighted by atomic mass is 31.2. The maximum Gasteiger partial charge on any atom is 0.472 e. The minimum atomic E-state index is -4.98. The lowest BCUT2D eigenvalue weighted by atomic mass is 10.0. The fraction of sp³-hybridized carbons (Fsp3) is 0.783. The molecular formula is C83H148O17P2. The molecule has 0 spiro atoms. The van der Waals surface area contributed by atoms with Gasteiger partial charge in [0.15, 0.2) is 12.2 Å². The molecule has 0 saturated heterocycles. The number of unbranched alkanes of at least 4 members (excludes halogenated alkanes) is 37. The fourth-order valence-corrected chi connectivity index (χ4v) is 12.6. The fourth-order valence-electron chi connectivity index (χ4n) is 11.1. The molecule has 0 radical (unpaired) electrons. The highest BCUT2D eigenvalue weighted by Gasteiger charge is 2.30. The molecule has 0 aliphatic rings. The molecule has 102 heavy (non-hydrogen) atoms. The number of phosphoric acid groups is 2. The Hall–Kier alpha value is -3.76. The summed E-state index contributed by atoms with van der Waals surface area (Å²) < 4.78 is 68.6. The Morgan fingerprint density at radius 2 is 0.500 bits per heavy atom. The van der Waals surface area contributed by atoms with E-state index in [1.54, 1.807) is 0 Å². The van der Waals surface area contributed by atoms with E-state index in [4.69, 9.17) is 37.0 Å². The lowest BCUT2D eigenvalue weighted by Crippen LogP contribution is -2.30. The third-order valence-electron chi connectivity index (χ3n) is 17.3. The molecule has 0 bridgehead atoms. The minimum Gasteiger partial charge on any atom is -0.462 e. The topological polar surface area (TPSA) is 237 Å².